The minimum atomic E-state index is -0.0310. The van der Waals surface area contributed by atoms with E-state index in [0.717, 1.165) is 12.5 Å². The zero-order chi connectivity index (χ0) is 10.5. The van der Waals surface area contributed by atoms with E-state index < -0.39 is 0 Å². The topological polar surface area (TPSA) is 24.4 Å². The first-order chi connectivity index (χ1) is 7.16. The maximum absolute atomic E-state index is 4.65. The fourth-order valence-electron chi connectivity index (χ4n) is 2.79. The number of piperidine rings is 1. The van der Waals surface area contributed by atoms with Gasteiger partial charge in [-0.05, 0) is 43.8 Å². The summed E-state index contributed by atoms with van der Waals surface area (Å²) in [6.45, 7) is 5.48. The van der Waals surface area contributed by atoms with Gasteiger partial charge in [0.1, 0.15) is 0 Å². The predicted molar refractivity (Wildman–Crippen MR) is 63.3 cm³/mol. The molecule has 0 aromatic heterocycles. The molecule has 3 aliphatic heterocycles. The van der Waals surface area contributed by atoms with Crippen LogP contribution < -0.4 is 5.32 Å². The summed E-state index contributed by atoms with van der Waals surface area (Å²) in [7, 11) is 0. The van der Waals surface area contributed by atoms with E-state index in [0.29, 0.717) is 6.04 Å². The van der Waals surface area contributed by atoms with Crippen molar-refractivity contribution in [3.63, 3.8) is 0 Å². The fraction of sp³-hybridized carbons (Fsp3) is 0.615. The van der Waals surface area contributed by atoms with Crippen molar-refractivity contribution >= 4 is 6.21 Å². The Balaban J connectivity index is 2.06. The molecule has 0 saturated carbocycles. The molecule has 4 aliphatic rings. The van der Waals surface area contributed by atoms with Crippen molar-refractivity contribution in [1.82, 2.24) is 5.32 Å². The number of hydrogen-bond acceptors (Lipinski definition) is 2. The second-order valence-electron chi connectivity index (χ2n) is 5.39. The second-order valence-corrected chi connectivity index (χ2v) is 5.39. The van der Waals surface area contributed by atoms with Crippen LogP contribution in [0.3, 0.4) is 0 Å². The molecule has 0 radical (unpaired) electrons. The average molecular weight is 202 g/mol. The molecule has 2 nitrogen and oxygen atoms in total. The van der Waals surface area contributed by atoms with Crippen LogP contribution in [0.4, 0.5) is 0 Å². The summed E-state index contributed by atoms with van der Waals surface area (Å²) in [6, 6.07) is 0.562. The van der Waals surface area contributed by atoms with Crippen LogP contribution in [0.1, 0.15) is 26.7 Å². The van der Waals surface area contributed by atoms with E-state index in [1.165, 1.54) is 18.4 Å². The zero-order valence-corrected chi connectivity index (χ0v) is 9.46. The van der Waals surface area contributed by atoms with Gasteiger partial charge in [-0.3, -0.25) is 4.99 Å². The molecule has 1 saturated heterocycles. The highest BCUT2D eigenvalue weighted by Gasteiger charge is 2.34. The molecule has 0 spiro atoms. The second kappa shape index (κ2) is 3.05. The molecule has 2 unspecified atom stereocenters. The maximum atomic E-state index is 4.65. The van der Waals surface area contributed by atoms with Crippen LogP contribution in [0.2, 0.25) is 0 Å². The van der Waals surface area contributed by atoms with Gasteiger partial charge in [-0.15, -0.1) is 0 Å². The fourth-order valence-corrected chi connectivity index (χ4v) is 2.79. The van der Waals surface area contributed by atoms with Gasteiger partial charge in [0, 0.05) is 18.8 Å². The third kappa shape index (κ3) is 1.48. The highest BCUT2D eigenvalue weighted by atomic mass is 15.0. The summed E-state index contributed by atoms with van der Waals surface area (Å²) in [5.41, 5.74) is 2.95. The Morgan fingerprint density at radius 1 is 1.33 bits per heavy atom. The lowest BCUT2D eigenvalue weighted by Crippen LogP contribution is -2.46. The largest absolute Gasteiger partial charge is 0.309 e. The van der Waals surface area contributed by atoms with E-state index in [-0.39, 0.29) is 5.54 Å². The van der Waals surface area contributed by atoms with Crippen molar-refractivity contribution in [3.05, 3.63) is 23.3 Å². The van der Waals surface area contributed by atoms with Crippen LogP contribution in [0.15, 0.2) is 28.3 Å². The van der Waals surface area contributed by atoms with E-state index in [2.05, 4.69) is 42.5 Å². The summed E-state index contributed by atoms with van der Waals surface area (Å²) in [5, 5.41) is 3.59. The molecule has 0 aromatic rings. The standard InChI is InChI=1S/C13H18N2/c1-13(2)6-5-10-9-3-4-12(14-7-9)11(10)8-15-13/h5-6,8-9,12,14H,3-4,7H2,1-2H3. The van der Waals surface area contributed by atoms with Crippen molar-refractivity contribution < 1.29 is 0 Å². The first-order valence-corrected chi connectivity index (χ1v) is 5.88. The smallest absolute Gasteiger partial charge is 0.0734 e. The zero-order valence-electron chi connectivity index (χ0n) is 9.46. The summed E-state index contributed by atoms with van der Waals surface area (Å²) in [6.07, 6.45) is 9.30. The van der Waals surface area contributed by atoms with Crippen LogP contribution in [0.25, 0.3) is 0 Å². The van der Waals surface area contributed by atoms with E-state index in [9.17, 15) is 0 Å². The molecule has 2 atom stereocenters. The van der Waals surface area contributed by atoms with Gasteiger partial charge in [0.15, 0.2) is 0 Å². The molecule has 4 rings (SSSR count). The van der Waals surface area contributed by atoms with Crippen LogP contribution in [-0.2, 0) is 0 Å². The van der Waals surface area contributed by atoms with Gasteiger partial charge in [0.2, 0.25) is 0 Å². The van der Waals surface area contributed by atoms with Gasteiger partial charge in [0.25, 0.3) is 0 Å². The molecule has 80 valence electrons. The highest BCUT2D eigenvalue weighted by molar-refractivity contribution is 5.84. The molecule has 0 aromatic carbocycles. The Hall–Kier alpha value is -0.890. The van der Waals surface area contributed by atoms with Crippen LogP contribution in [0.5, 0.6) is 0 Å². The van der Waals surface area contributed by atoms with E-state index in [1.807, 2.05) is 0 Å². The Kier molecular flexibility index (Phi) is 1.90. The number of allylic oxidation sites excluding steroid dienone is 1. The lowest BCUT2D eigenvalue weighted by molar-refractivity contribution is 0.344. The van der Waals surface area contributed by atoms with Crippen molar-refractivity contribution in [2.45, 2.75) is 38.3 Å². The maximum Gasteiger partial charge on any atom is 0.0734 e. The Morgan fingerprint density at radius 2 is 2.20 bits per heavy atom. The first-order valence-electron chi connectivity index (χ1n) is 5.88. The van der Waals surface area contributed by atoms with Crippen LogP contribution in [0, 0.1) is 5.92 Å². The van der Waals surface area contributed by atoms with Crippen molar-refractivity contribution in [2.24, 2.45) is 10.9 Å². The van der Waals surface area contributed by atoms with Crippen LogP contribution in [-0.4, -0.2) is 24.3 Å². The van der Waals surface area contributed by atoms with Gasteiger partial charge < -0.3 is 5.32 Å². The third-order valence-corrected chi connectivity index (χ3v) is 3.77. The van der Waals surface area contributed by atoms with Crippen LogP contribution >= 0.6 is 0 Å². The summed E-state index contributed by atoms with van der Waals surface area (Å²) in [4.78, 5) is 4.65. The highest BCUT2D eigenvalue weighted by Crippen LogP contribution is 2.36. The number of hydrogen-bond donors (Lipinski definition) is 1. The quantitative estimate of drug-likeness (QED) is 0.639. The van der Waals surface area contributed by atoms with Gasteiger partial charge in [-0.2, -0.15) is 0 Å². The van der Waals surface area contributed by atoms with Gasteiger partial charge >= 0.3 is 0 Å². The molecule has 1 fully saturated rings. The Bertz CT molecular complexity index is 332. The predicted octanol–water partition coefficient (Wildman–Crippen LogP) is 2.08. The lowest BCUT2D eigenvalue weighted by atomic mass is 9.76. The normalized spacial score (nSPS) is 36.7. The van der Waals surface area contributed by atoms with Gasteiger partial charge in [-0.25, -0.2) is 0 Å². The molecule has 3 heterocycles. The summed E-state index contributed by atoms with van der Waals surface area (Å²) < 4.78 is 0. The lowest BCUT2D eigenvalue weighted by Gasteiger charge is -2.38. The number of nitrogens with one attached hydrogen (secondary N) is 1. The first kappa shape index (κ1) is 9.34. The monoisotopic (exact) mass is 202 g/mol. The average Bonchev–Trinajstić information content (AvgIpc) is 2.41. The number of nitrogens with zero attached hydrogens (tertiary/aromatic N) is 1. The Labute approximate surface area is 91.2 Å². The molecular weight excluding hydrogens is 184 g/mol. The molecule has 2 heteroatoms. The van der Waals surface area contributed by atoms with Crippen molar-refractivity contribution in [3.8, 4) is 0 Å². The SMILES string of the molecule is CC1(C)C=CC2=C(C=N1)C1CCC2CN1. The van der Waals surface area contributed by atoms with Crippen molar-refractivity contribution in [1.29, 1.82) is 0 Å². The van der Waals surface area contributed by atoms with E-state index >= 15 is 0 Å². The molecule has 0 amide bonds. The van der Waals surface area contributed by atoms with Crippen molar-refractivity contribution in [2.75, 3.05) is 6.54 Å². The minimum absolute atomic E-state index is 0.0310. The molecule has 1 N–H and O–H groups in total. The molecule has 2 bridgehead atoms. The molecule has 1 aliphatic carbocycles. The number of aliphatic imine (C=N–C) groups is 1. The van der Waals surface area contributed by atoms with Gasteiger partial charge in [0.05, 0.1) is 5.54 Å². The van der Waals surface area contributed by atoms with E-state index in [1.54, 1.807) is 5.57 Å². The summed E-state index contributed by atoms with van der Waals surface area (Å²) in [5.74, 6) is 0.724. The third-order valence-electron chi connectivity index (χ3n) is 3.77. The number of rotatable bonds is 0. The number of fused-ring (bicyclic) bond motifs is 2. The molecule has 15 heavy (non-hydrogen) atoms. The Morgan fingerprint density at radius 3 is 2.93 bits per heavy atom. The van der Waals surface area contributed by atoms with E-state index in [4.69, 9.17) is 0 Å². The summed E-state index contributed by atoms with van der Waals surface area (Å²) >= 11 is 0. The van der Waals surface area contributed by atoms with Gasteiger partial charge in [-0.1, -0.05) is 12.2 Å². The molecular formula is C13H18N2. The minimum Gasteiger partial charge on any atom is -0.309 e.